The predicted octanol–water partition coefficient (Wildman–Crippen LogP) is 5.87. The first-order chi connectivity index (χ1) is 20.4. The molecule has 3 aromatic carbocycles. The topological polar surface area (TPSA) is 124 Å². The van der Waals surface area contributed by atoms with Crippen molar-refractivity contribution in [1.29, 1.82) is 0 Å². The first-order valence-electron chi connectivity index (χ1n) is 12.9. The van der Waals surface area contributed by atoms with Crippen LogP contribution in [0.1, 0.15) is 16.1 Å². The minimum Gasteiger partial charge on any atom is -0.493 e. The fourth-order valence-corrected chi connectivity index (χ4v) is 4.85. The third kappa shape index (κ3) is 6.22. The van der Waals surface area contributed by atoms with Crippen LogP contribution < -0.4 is 30.2 Å². The van der Waals surface area contributed by atoms with E-state index in [9.17, 15) is 9.59 Å². The van der Waals surface area contributed by atoms with Crippen molar-refractivity contribution in [3.63, 3.8) is 0 Å². The van der Waals surface area contributed by atoms with E-state index in [0.717, 1.165) is 5.56 Å². The molecule has 2 heterocycles. The van der Waals surface area contributed by atoms with E-state index < -0.39 is 11.5 Å². The van der Waals surface area contributed by atoms with Gasteiger partial charge < -0.3 is 29.4 Å². The number of halogens is 2. The van der Waals surface area contributed by atoms with Gasteiger partial charge in [-0.15, -0.1) is 24.8 Å². The second-order valence-electron chi connectivity index (χ2n) is 9.18. The van der Waals surface area contributed by atoms with Crippen LogP contribution in [0, 0.1) is 0 Å². The van der Waals surface area contributed by atoms with Gasteiger partial charge in [0.05, 0.1) is 33.8 Å². The number of rotatable bonds is 9. The van der Waals surface area contributed by atoms with Crippen LogP contribution in [0.15, 0.2) is 83.9 Å². The second kappa shape index (κ2) is 14.5. The molecule has 2 N–H and O–H groups in total. The van der Waals surface area contributed by atoms with Crippen LogP contribution in [0.3, 0.4) is 0 Å². The minimum absolute atomic E-state index is 0. The maximum absolute atomic E-state index is 14.4. The molecule has 0 bridgehead atoms. The summed E-state index contributed by atoms with van der Waals surface area (Å²) in [5, 5.41) is 0.730. The Morgan fingerprint density at radius 3 is 2.05 bits per heavy atom. The molecule has 0 saturated carbocycles. The van der Waals surface area contributed by atoms with Gasteiger partial charge in [0.2, 0.25) is 5.75 Å². The van der Waals surface area contributed by atoms with Gasteiger partial charge in [-0.05, 0) is 65.7 Å². The molecule has 0 unspecified atom stereocenters. The third-order valence-electron chi connectivity index (χ3n) is 6.80. The Morgan fingerprint density at radius 1 is 0.841 bits per heavy atom. The molecule has 12 heteroatoms. The normalized spacial score (nSPS) is 10.3. The lowest BCUT2D eigenvalue weighted by atomic mass is 9.95. The summed E-state index contributed by atoms with van der Waals surface area (Å²) in [6, 6.07) is 18.9. The summed E-state index contributed by atoms with van der Waals surface area (Å²) in [5.74, 6) is 0.722. The summed E-state index contributed by atoms with van der Waals surface area (Å²) in [6.07, 6.45) is 3.34. The lowest BCUT2D eigenvalue weighted by Crippen LogP contribution is -2.27. The smallest absolute Gasteiger partial charge is 0.355 e. The molecular formula is C32H31Cl2N3O7. The Labute approximate surface area is 266 Å². The number of fused-ring (bicyclic) bond motifs is 1. The zero-order valence-electron chi connectivity index (χ0n) is 24.4. The van der Waals surface area contributed by atoms with Gasteiger partial charge >= 0.3 is 5.97 Å². The van der Waals surface area contributed by atoms with Crippen molar-refractivity contribution in [3.8, 4) is 39.8 Å². The number of esters is 1. The molecule has 5 rings (SSSR count). The van der Waals surface area contributed by atoms with E-state index in [1.54, 1.807) is 67.0 Å². The lowest BCUT2D eigenvalue weighted by molar-refractivity contribution is 0.0591. The maximum atomic E-state index is 14.4. The highest BCUT2D eigenvalue weighted by Gasteiger charge is 2.28. The number of anilines is 1. The molecule has 0 amide bonds. The molecule has 10 nitrogen and oxygen atoms in total. The lowest BCUT2D eigenvalue weighted by Gasteiger charge is -2.21. The van der Waals surface area contributed by atoms with Crippen LogP contribution in [-0.2, 0) is 11.3 Å². The molecule has 0 aliphatic carbocycles. The highest BCUT2D eigenvalue weighted by Crippen LogP contribution is 2.44. The quantitative estimate of drug-likeness (QED) is 0.156. The van der Waals surface area contributed by atoms with Crippen LogP contribution >= 0.6 is 24.8 Å². The van der Waals surface area contributed by atoms with Gasteiger partial charge in [0.15, 0.2) is 11.5 Å². The monoisotopic (exact) mass is 639 g/mol. The summed E-state index contributed by atoms with van der Waals surface area (Å²) in [4.78, 5) is 32.0. The number of ether oxygens (including phenoxy) is 5. The van der Waals surface area contributed by atoms with Crippen molar-refractivity contribution < 1.29 is 28.5 Å². The predicted molar refractivity (Wildman–Crippen MR) is 173 cm³/mol. The number of methoxy groups -OCH3 is 4. The Hall–Kier alpha value is -4.93. The molecule has 44 heavy (non-hydrogen) atoms. The van der Waals surface area contributed by atoms with Crippen LogP contribution in [0.4, 0.5) is 5.69 Å². The SMILES string of the molecule is COC(=O)c1c(-c2cc(OC)c(OC)c(OC)c2)c2cccc(OCc3ccncc3)c2c(=O)n1-c1ccc(N)cc1.Cl.Cl. The summed E-state index contributed by atoms with van der Waals surface area (Å²) in [6.45, 7) is 0.196. The fourth-order valence-electron chi connectivity index (χ4n) is 4.85. The summed E-state index contributed by atoms with van der Waals surface area (Å²) < 4.78 is 29.5. The first kappa shape index (κ1) is 33.6. The molecule has 230 valence electrons. The zero-order chi connectivity index (χ0) is 29.8. The fraction of sp³-hybridized carbons (Fsp3) is 0.156. The Balaban J connectivity index is 0.00000264. The number of carbonyl (C=O) groups excluding carboxylic acids is 1. The first-order valence-corrected chi connectivity index (χ1v) is 12.9. The van der Waals surface area contributed by atoms with Crippen molar-refractivity contribution in [2.45, 2.75) is 6.61 Å². The summed E-state index contributed by atoms with van der Waals surface area (Å²) >= 11 is 0. The maximum Gasteiger partial charge on any atom is 0.355 e. The Morgan fingerprint density at radius 2 is 1.48 bits per heavy atom. The highest BCUT2D eigenvalue weighted by atomic mass is 35.5. The number of pyridine rings is 2. The van der Waals surface area contributed by atoms with Crippen molar-refractivity contribution >= 4 is 47.2 Å². The number of carbonyl (C=O) groups is 1. The molecule has 0 spiro atoms. The van der Waals surface area contributed by atoms with Crippen molar-refractivity contribution in [2.75, 3.05) is 34.2 Å². The molecule has 5 aromatic rings. The average molecular weight is 641 g/mol. The number of hydrogen-bond acceptors (Lipinski definition) is 9. The molecular weight excluding hydrogens is 609 g/mol. The van der Waals surface area contributed by atoms with E-state index in [1.807, 2.05) is 12.1 Å². The van der Waals surface area contributed by atoms with Gasteiger partial charge in [0, 0.05) is 34.7 Å². The van der Waals surface area contributed by atoms with E-state index in [4.69, 9.17) is 29.4 Å². The summed E-state index contributed by atoms with van der Waals surface area (Å²) in [7, 11) is 5.77. The number of nitrogens with two attached hydrogens (primary N) is 1. The molecule has 0 fully saturated rings. The van der Waals surface area contributed by atoms with Crippen molar-refractivity contribution in [3.05, 3.63) is 101 Å². The van der Waals surface area contributed by atoms with Gasteiger partial charge in [0.25, 0.3) is 5.56 Å². The molecule has 0 aliphatic heterocycles. The van der Waals surface area contributed by atoms with E-state index in [-0.39, 0.29) is 42.5 Å². The van der Waals surface area contributed by atoms with E-state index in [1.165, 1.54) is 33.0 Å². The van der Waals surface area contributed by atoms with Gasteiger partial charge in [-0.1, -0.05) is 12.1 Å². The van der Waals surface area contributed by atoms with Gasteiger partial charge in [-0.2, -0.15) is 0 Å². The molecule has 0 atom stereocenters. The zero-order valence-corrected chi connectivity index (χ0v) is 26.0. The van der Waals surface area contributed by atoms with E-state index >= 15 is 0 Å². The molecule has 0 radical (unpaired) electrons. The second-order valence-corrected chi connectivity index (χ2v) is 9.18. The Bertz CT molecular complexity index is 1800. The standard InChI is InChI=1S/C32H29N3O7.2ClH/c1-38-25-16-20(17-26(39-2)30(25)40-3)27-23-6-5-7-24(42-18-19-12-14-34-15-13-19)28(23)31(36)35(29(27)32(37)41-4)22-10-8-21(33)9-11-22;;/h5-17H,18,33H2,1-4H3;2*1H. The Kier molecular flexibility index (Phi) is 11.1. The number of nitrogen functional groups attached to an aromatic ring is 1. The minimum atomic E-state index is -0.724. The average Bonchev–Trinajstić information content (AvgIpc) is 3.03. The molecule has 2 aromatic heterocycles. The van der Waals surface area contributed by atoms with Gasteiger partial charge in [-0.3, -0.25) is 14.3 Å². The van der Waals surface area contributed by atoms with Crippen molar-refractivity contribution in [2.24, 2.45) is 0 Å². The van der Waals surface area contributed by atoms with Crippen LogP contribution in [0.2, 0.25) is 0 Å². The number of nitrogens with zero attached hydrogens (tertiary/aromatic N) is 2. The molecule has 0 saturated heterocycles. The van der Waals surface area contributed by atoms with E-state index in [0.29, 0.717) is 50.9 Å². The van der Waals surface area contributed by atoms with Gasteiger partial charge in [0.1, 0.15) is 18.1 Å². The number of aromatic nitrogens is 2. The third-order valence-corrected chi connectivity index (χ3v) is 6.80. The van der Waals surface area contributed by atoms with Crippen LogP contribution in [0.5, 0.6) is 23.0 Å². The molecule has 0 aliphatic rings. The van der Waals surface area contributed by atoms with E-state index in [2.05, 4.69) is 4.98 Å². The van der Waals surface area contributed by atoms with Gasteiger partial charge in [-0.25, -0.2) is 4.79 Å². The van der Waals surface area contributed by atoms with Crippen LogP contribution in [0.25, 0.3) is 27.6 Å². The number of benzene rings is 3. The largest absolute Gasteiger partial charge is 0.493 e. The number of hydrogen-bond donors (Lipinski definition) is 1. The van der Waals surface area contributed by atoms with Crippen molar-refractivity contribution in [1.82, 2.24) is 9.55 Å². The van der Waals surface area contributed by atoms with Crippen LogP contribution in [-0.4, -0.2) is 44.0 Å². The highest BCUT2D eigenvalue weighted by molar-refractivity contribution is 6.09. The summed E-state index contributed by atoms with van der Waals surface area (Å²) in [5.41, 5.74) is 8.18.